The minimum absolute atomic E-state index is 0.0737. The van der Waals surface area contributed by atoms with Crippen LogP contribution in [0.5, 0.6) is 0 Å². The van der Waals surface area contributed by atoms with Crippen LogP contribution in [0.4, 0.5) is 0 Å². The maximum Gasteiger partial charge on any atom is 0.335 e. The van der Waals surface area contributed by atoms with E-state index in [0.29, 0.717) is 0 Å². The Hall–Kier alpha value is -0.990. The molecule has 16 heavy (non-hydrogen) atoms. The quantitative estimate of drug-likeness (QED) is 0.410. The predicted molar refractivity (Wildman–Crippen MR) is 50.5 cm³/mol. The summed E-state index contributed by atoms with van der Waals surface area (Å²) in [5, 5.41) is 36.6. The van der Waals surface area contributed by atoms with Crippen LogP contribution < -0.4 is 0 Å². The maximum atomic E-state index is 10.5. The molecule has 1 saturated heterocycles. The Kier molecular flexibility index (Phi) is 4.39. The van der Waals surface area contributed by atoms with Crippen LogP contribution in [-0.4, -0.2) is 63.7 Å². The Morgan fingerprint density at radius 3 is 2.62 bits per heavy atom. The third-order valence-corrected chi connectivity index (χ3v) is 2.20. The lowest BCUT2D eigenvalue weighted by molar-refractivity contribution is -0.182. The van der Waals surface area contributed by atoms with Gasteiger partial charge in [-0.05, 0) is 0 Å². The lowest BCUT2D eigenvalue weighted by Crippen LogP contribution is -2.42. The monoisotopic (exact) mass is 234 g/mol. The average Bonchev–Trinajstić information content (AvgIpc) is 2.52. The van der Waals surface area contributed by atoms with Crippen molar-refractivity contribution < 1.29 is 34.7 Å². The minimum atomic E-state index is -1.91. The molecule has 1 aliphatic heterocycles. The summed E-state index contributed by atoms with van der Waals surface area (Å²) in [6.45, 7) is 3.45. The van der Waals surface area contributed by atoms with Crippen molar-refractivity contribution in [2.75, 3.05) is 6.61 Å². The molecule has 0 saturated carbocycles. The normalized spacial score (nSPS) is 35.9. The summed E-state index contributed by atoms with van der Waals surface area (Å²) in [7, 11) is 0. The van der Waals surface area contributed by atoms with Crippen LogP contribution in [0.2, 0.25) is 0 Å². The SMILES string of the molecule is C=CCOC1O[C@@H]([C@H](O)C(=O)O)[C@@H](O)[C@H]1O. The predicted octanol–water partition coefficient (Wildman–Crippen LogP) is -1.92. The van der Waals surface area contributed by atoms with Gasteiger partial charge in [-0.3, -0.25) is 0 Å². The molecule has 1 fully saturated rings. The molecule has 1 rings (SSSR count). The van der Waals surface area contributed by atoms with Gasteiger partial charge in [-0.1, -0.05) is 6.08 Å². The van der Waals surface area contributed by atoms with Crippen LogP contribution in [-0.2, 0) is 14.3 Å². The fourth-order valence-electron chi connectivity index (χ4n) is 1.37. The third-order valence-electron chi connectivity index (χ3n) is 2.20. The molecule has 7 nitrogen and oxygen atoms in total. The first-order chi connectivity index (χ1) is 7.49. The zero-order valence-corrected chi connectivity index (χ0v) is 8.39. The van der Waals surface area contributed by atoms with Crippen molar-refractivity contribution >= 4 is 5.97 Å². The van der Waals surface area contributed by atoms with E-state index in [1.807, 2.05) is 0 Å². The smallest absolute Gasteiger partial charge is 0.335 e. The Morgan fingerprint density at radius 1 is 1.50 bits per heavy atom. The van der Waals surface area contributed by atoms with Crippen molar-refractivity contribution in [1.82, 2.24) is 0 Å². The average molecular weight is 234 g/mol. The summed E-state index contributed by atoms with van der Waals surface area (Å²) in [5.74, 6) is -1.54. The van der Waals surface area contributed by atoms with E-state index >= 15 is 0 Å². The molecule has 4 N–H and O–H groups in total. The molecule has 0 aromatic heterocycles. The van der Waals surface area contributed by atoms with E-state index in [1.165, 1.54) is 6.08 Å². The molecule has 0 bridgehead atoms. The van der Waals surface area contributed by atoms with Crippen LogP contribution in [0.15, 0.2) is 12.7 Å². The first-order valence-electron chi connectivity index (χ1n) is 4.64. The van der Waals surface area contributed by atoms with Crippen LogP contribution in [0.25, 0.3) is 0 Å². The van der Waals surface area contributed by atoms with Gasteiger partial charge in [0.1, 0.15) is 18.3 Å². The first-order valence-corrected chi connectivity index (χ1v) is 4.64. The summed E-state index contributed by atoms with van der Waals surface area (Å²) in [5.41, 5.74) is 0. The zero-order chi connectivity index (χ0) is 12.3. The Balaban J connectivity index is 2.63. The number of aliphatic carboxylic acids is 1. The van der Waals surface area contributed by atoms with E-state index in [1.54, 1.807) is 0 Å². The lowest BCUT2D eigenvalue weighted by atomic mass is 10.1. The molecular formula is C9H14O7. The van der Waals surface area contributed by atoms with Crippen LogP contribution in [0.1, 0.15) is 0 Å². The number of ether oxygens (including phenoxy) is 2. The number of hydrogen-bond acceptors (Lipinski definition) is 6. The fourth-order valence-corrected chi connectivity index (χ4v) is 1.37. The standard InChI is InChI=1S/C9H14O7/c1-2-3-15-9-5(11)4(10)7(16-9)6(12)8(13)14/h2,4-7,9-12H,1,3H2,(H,13,14)/t4-,5+,6-,7+,9?/m0/s1. The van der Waals surface area contributed by atoms with Crippen molar-refractivity contribution in [2.24, 2.45) is 0 Å². The van der Waals surface area contributed by atoms with Gasteiger partial charge in [0.2, 0.25) is 0 Å². The van der Waals surface area contributed by atoms with E-state index in [2.05, 4.69) is 6.58 Å². The lowest BCUT2D eigenvalue weighted by Gasteiger charge is -2.16. The van der Waals surface area contributed by atoms with E-state index in [-0.39, 0.29) is 6.61 Å². The molecule has 1 heterocycles. The summed E-state index contributed by atoms with van der Waals surface area (Å²) in [6.07, 6.45) is -6.01. The summed E-state index contributed by atoms with van der Waals surface area (Å²) >= 11 is 0. The van der Waals surface area contributed by atoms with Crippen LogP contribution >= 0.6 is 0 Å². The molecule has 0 spiro atoms. The highest BCUT2D eigenvalue weighted by molar-refractivity contribution is 5.72. The largest absolute Gasteiger partial charge is 0.479 e. The van der Waals surface area contributed by atoms with Gasteiger partial charge in [0, 0.05) is 0 Å². The number of hydrogen-bond donors (Lipinski definition) is 4. The van der Waals surface area contributed by atoms with Crippen LogP contribution in [0.3, 0.4) is 0 Å². The molecule has 0 amide bonds. The molecule has 0 aromatic carbocycles. The molecule has 1 aliphatic rings. The zero-order valence-electron chi connectivity index (χ0n) is 8.39. The number of aliphatic hydroxyl groups is 3. The van der Waals surface area contributed by atoms with Gasteiger partial charge >= 0.3 is 5.97 Å². The maximum absolute atomic E-state index is 10.5. The molecule has 0 radical (unpaired) electrons. The third kappa shape index (κ3) is 2.57. The summed E-state index contributed by atoms with van der Waals surface area (Å²) in [6, 6.07) is 0. The van der Waals surface area contributed by atoms with Crippen molar-refractivity contribution in [3.05, 3.63) is 12.7 Å². The minimum Gasteiger partial charge on any atom is -0.479 e. The van der Waals surface area contributed by atoms with Gasteiger partial charge in [-0.2, -0.15) is 0 Å². The fraction of sp³-hybridized carbons (Fsp3) is 0.667. The van der Waals surface area contributed by atoms with Gasteiger partial charge in [-0.25, -0.2) is 4.79 Å². The number of carboxylic acid groups (broad SMARTS) is 1. The second-order valence-electron chi connectivity index (χ2n) is 3.36. The Bertz CT molecular complexity index is 267. The summed E-state index contributed by atoms with van der Waals surface area (Å²) in [4.78, 5) is 10.5. The highest BCUT2D eigenvalue weighted by Gasteiger charge is 2.48. The molecule has 5 atom stereocenters. The molecule has 0 aromatic rings. The Morgan fingerprint density at radius 2 is 2.12 bits per heavy atom. The number of carboxylic acids is 1. The van der Waals surface area contributed by atoms with Gasteiger partial charge in [0.05, 0.1) is 6.61 Å². The van der Waals surface area contributed by atoms with Gasteiger partial charge in [-0.15, -0.1) is 6.58 Å². The number of rotatable bonds is 5. The van der Waals surface area contributed by atoms with Crippen molar-refractivity contribution in [3.8, 4) is 0 Å². The summed E-state index contributed by atoms with van der Waals surface area (Å²) < 4.78 is 9.85. The van der Waals surface area contributed by atoms with Gasteiger partial charge in [0.15, 0.2) is 12.4 Å². The highest BCUT2D eigenvalue weighted by Crippen LogP contribution is 2.24. The topological polar surface area (TPSA) is 116 Å². The van der Waals surface area contributed by atoms with E-state index in [9.17, 15) is 20.1 Å². The molecule has 1 unspecified atom stereocenters. The van der Waals surface area contributed by atoms with Crippen molar-refractivity contribution in [1.29, 1.82) is 0 Å². The molecule has 92 valence electrons. The van der Waals surface area contributed by atoms with Crippen molar-refractivity contribution in [2.45, 2.75) is 30.7 Å². The number of aliphatic hydroxyl groups excluding tert-OH is 3. The van der Waals surface area contributed by atoms with Gasteiger partial charge < -0.3 is 29.9 Å². The number of carbonyl (C=O) groups is 1. The van der Waals surface area contributed by atoms with E-state index < -0.39 is 36.7 Å². The molecule has 0 aliphatic carbocycles. The van der Waals surface area contributed by atoms with Gasteiger partial charge in [0.25, 0.3) is 0 Å². The van der Waals surface area contributed by atoms with Crippen LogP contribution in [0, 0.1) is 0 Å². The molecule has 7 heteroatoms. The second kappa shape index (κ2) is 5.37. The van der Waals surface area contributed by atoms with Crippen molar-refractivity contribution in [3.63, 3.8) is 0 Å². The Labute approximate surface area is 91.5 Å². The van der Waals surface area contributed by atoms with E-state index in [0.717, 1.165) is 0 Å². The molecular weight excluding hydrogens is 220 g/mol. The highest BCUT2D eigenvalue weighted by atomic mass is 16.7. The first kappa shape index (κ1) is 13.1. The second-order valence-corrected chi connectivity index (χ2v) is 3.36. The van der Waals surface area contributed by atoms with E-state index in [4.69, 9.17) is 14.6 Å².